The monoisotopic (exact) mass is 462 g/mol. The van der Waals surface area contributed by atoms with Gasteiger partial charge in [0.25, 0.3) is 0 Å². The van der Waals surface area contributed by atoms with Crippen molar-refractivity contribution in [2.45, 2.75) is 12.8 Å². The lowest BCUT2D eigenvalue weighted by atomic mass is 9.92. The van der Waals surface area contributed by atoms with E-state index < -0.39 is 0 Å². The lowest BCUT2D eigenvalue weighted by molar-refractivity contribution is -0.113. The van der Waals surface area contributed by atoms with Gasteiger partial charge < -0.3 is 19.6 Å². The largest absolute Gasteiger partial charge is 0.507 e. The Morgan fingerprint density at radius 2 is 2.03 bits per heavy atom. The second-order valence-corrected chi connectivity index (χ2v) is 8.83. The second-order valence-electron chi connectivity index (χ2n) is 8.52. The van der Waals surface area contributed by atoms with Gasteiger partial charge in [0.2, 0.25) is 0 Å². The fourth-order valence-electron chi connectivity index (χ4n) is 4.22. The van der Waals surface area contributed by atoms with Crippen LogP contribution in [0.3, 0.4) is 0 Å². The number of amides is 1. The van der Waals surface area contributed by atoms with Gasteiger partial charge in [-0.15, -0.1) is 11.6 Å². The van der Waals surface area contributed by atoms with Crippen LogP contribution in [0.4, 0.5) is 5.69 Å². The summed E-state index contributed by atoms with van der Waals surface area (Å²) in [5, 5.41) is 12.4. The molecule has 170 valence electrons. The van der Waals surface area contributed by atoms with Crippen molar-refractivity contribution >= 4 is 34.0 Å². The number of fused-ring (bicyclic) bond motifs is 3. The summed E-state index contributed by atoms with van der Waals surface area (Å²) in [5.74, 6) is 6.62. The smallest absolute Gasteiger partial charge is 0.303 e. The highest BCUT2D eigenvalue weighted by Crippen LogP contribution is 2.46. The summed E-state index contributed by atoms with van der Waals surface area (Å²) in [5.41, 5.74) is 3.43. The van der Waals surface area contributed by atoms with Crippen LogP contribution < -0.4 is 9.64 Å². The van der Waals surface area contributed by atoms with Crippen LogP contribution >= 0.6 is 11.6 Å². The molecule has 1 aliphatic heterocycles. The van der Waals surface area contributed by atoms with Crippen molar-refractivity contribution < 1.29 is 14.6 Å². The van der Waals surface area contributed by atoms with E-state index in [-0.39, 0.29) is 17.6 Å². The van der Waals surface area contributed by atoms with Crippen molar-refractivity contribution in [3.05, 3.63) is 65.2 Å². The van der Waals surface area contributed by atoms with Gasteiger partial charge in [0, 0.05) is 47.8 Å². The Kier molecular flexibility index (Phi) is 6.78. The highest BCUT2D eigenvalue weighted by Gasteiger charge is 2.34. The standard InChI is InChI=1S/C27H27ClN2O3/c1-18-6-4-9-22-24(31)15-23-27(26(18)22)20(16-28)17-30(23)25(32)11-10-19-7-5-8-21(14-19)33-13-12-29(2)3/h4-9,14-15,20,31H,12-13,16-17H2,1-3H3. The molecule has 1 atom stereocenters. The third-order valence-corrected chi connectivity index (χ3v) is 6.23. The van der Waals surface area contributed by atoms with Crippen molar-refractivity contribution in [3.8, 4) is 23.3 Å². The van der Waals surface area contributed by atoms with Crippen molar-refractivity contribution in [3.63, 3.8) is 0 Å². The molecule has 1 heterocycles. The summed E-state index contributed by atoms with van der Waals surface area (Å²) in [6.07, 6.45) is 0. The molecule has 0 aromatic heterocycles. The van der Waals surface area contributed by atoms with Gasteiger partial charge in [-0.05, 0) is 55.7 Å². The predicted molar refractivity (Wildman–Crippen MR) is 134 cm³/mol. The number of phenols is 1. The molecule has 3 aromatic carbocycles. The number of ether oxygens (including phenoxy) is 1. The average molecular weight is 463 g/mol. The number of benzene rings is 3. The normalized spacial score (nSPS) is 14.8. The minimum Gasteiger partial charge on any atom is -0.507 e. The van der Waals surface area contributed by atoms with Crippen LogP contribution in [0.15, 0.2) is 48.5 Å². The first kappa shape index (κ1) is 23.0. The quantitative estimate of drug-likeness (QED) is 0.447. The summed E-state index contributed by atoms with van der Waals surface area (Å²) >= 11 is 6.30. The molecule has 0 bridgehead atoms. The number of aromatic hydroxyl groups is 1. The van der Waals surface area contributed by atoms with Crippen molar-refractivity contribution in [2.75, 3.05) is 44.6 Å². The number of likely N-dealkylation sites (N-methyl/N-ethyl adjacent to an activating group) is 1. The molecular weight excluding hydrogens is 436 g/mol. The zero-order valence-corrected chi connectivity index (χ0v) is 19.8. The molecule has 0 fully saturated rings. The Balaban J connectivity index is 1.62. The number of nitrogens with zero attached hydrogens (tertiary/aromatic N) is 2. The SMILES string of the molecule is Cc1cccc2c(O)cc3c(c12)C(CCl)CN3C(=O)C#Cc1cccc(OCCN(C)C)c1. The minimum absolute atomic E-state index is 0.0231. The second kappa shape index (κ2) is 9.74. The van der Waals surface area contributed by atoms with E-state index in [9.17, 15) is 9.90 Å². The molecule has 0 spiro atoms. The summed E-state index contributed by atoms with van der Waals surface area (Å²) in [7, 11) is 3.98. The van der Waals surface area contributed by atoms with Gasteiger partial charge in [0.1, 0.15) is 18.1 Å². The Labute approximate surface area is 199 Å². The molecule has 0 aliphatic carbocycles. The molecule has 1 amide bonds. The van der Waals surface area contributed by atoms with Crippen LogP contribution in [0.2, 0.25) is 0 Å². The molecule has 33 heavy (non-hydrogen) atoms. The van der Waals surface area contributed by atoms with Crippen LogP contribution in [-0.4, -0.2) is 55.6 Å². The van der Waals surface area contributed by atoms with Crippen LogP contribution in [-0.2, 0) is 4.79 Å². The van der Waals surface area contributed by atoms with E-state index in [1.807, 2.05) is 68.4 Å². The van der Waals surface area contributed by atoms with Crippen LogP contribution in [0.1, 0.15) is 22.6 Å². The molecule has 1 aliphatic rings. The van der Waals surface area contributed by atoms with E-state index >= 15 is 0 Å². The van der Waals surface area contributed by atoms with Gasteiger partial charge in [0.05, 0.1) is 5.69 Å². The summed E-state index contributed by atoms with van der Waals surface area (Å²) in [6.45, 7) is 3.83. The van der Waals surface area contributed by atoms with E-state index in [4.69, 9.17) is 16.3 Å². The number of halogens is 1. The molecule has 0 saturated carbocycles. The molecule has 5 nitrogen and oxygen atoms in total. The maximum absolute atomic E-state index is 13.1. The molecule has 1 unspecified atom stereocenters. The number of anilines is 1. The first-order valence-corrected chi connectivity index (χ1v) is 11.4. The van der Waals surface area contributed by atoms with Crippen LogP contribution in [0, 0.1) is 18.8 Å². The van der Waals surface area contributed by atoms with E-state index in [1.165, 1.54) is 0 Å². The third kappa shape index (κ3) is 4.78. The van der Waals surface area contributed by atoms with Gasteiger partial charge in [-0.2, -0.15) is 0 Å². The Morgan fingerprint density at radius 1 is 1.24 bits per heavy atom. The summed E-state index contributed by atoms with van der Waals surface area (Å²) in [6, 6.07) is 14.9. The summed E-state index contributed by atoms with van der Waals surface area (Å²) in [4.78, 5) is 16.8. The molecule has 3 aromatic rings. The zero-order valence-electron chi connectivity index (χ0n) is 19.1. The topological polar surface area (TPSA) is 53.0 Å². The molecule has 0 radical (unpaired) electrons. The van der Waals surface area contributed by atoms with E-state index in [0.717, 1.165) is 34.2 Å². The van der Waals surface area contributed by atoms with Crippen molar-refractivity contribution in [2.24, 2.45) is 0 Å². The fourth-order valence-corrected chi connectivity index (χ4v) is 4.47. The van der Waals surface area contributed by atoms with Gasteiger partial charge in [0.15, 0.2) is 0 Å². The van der Waals surface area contributed by atoms with E-state index in [2.05, 4.69) is 11.8 Å². The number of hydrogen-bond donors (Lipinski definition) is 1. The number of aryl methyl sites for hydroxylation is 1. The highest BCUT2D eigenvalue weighted by molar-refractivity contribution is 6.19. The van der Waals surface area contributed by atoms with Crippen molar-refractivity contribution in [1.29, 1.82) is 0 Å². The number of hydrogen-bond acceptors (Lipinski definition) is 4. The minimum atomic E-state index is -0.324. The summed E-state index contributed by atoms with van der Waals surface area (Å²) < 4.78 is 5.76. The number of alkyl halides is 1. The average Bonchev–Trinajstić information content (AvgIpc) is 3.16. The Morgan fingerprint density at radius 3 is 2.79 bits per heavy atom. The van der Waals surface area contributed by atoms with Gasteiger partial charge in [-0.1, -0.05) is 30.2 Å². The maximum atomic E-state index is 13.1. The number of phenolic OH excluding ortho intramolecular Hbond substituents is 1. The first-order valence-electron chi connectivity index (χ1n) is 10.9. The maximum Gasteiger partial charge on any atom is 0.303 e. The predicted octanol–water partition coefficient (Wildman–Crippen LogP) is 4.51. The lowest BCUT2D eigenvalue weighted by Crippen LogP contribution is -2.28. The molecule has 0 saturated heterocycles. The molecule has 1 N–H and O–H groups in total. The van der Waals surface area contributed by atoms with Gasteiger partial charge >= 0.3 is 5.91 Å². The molecule has 6 heteroatoms. The Hall–Kier alpha value is -3.20. The zero-order chi connectivity index (χ0) is 23.5. The van der Waals surface area contributed by atoms with Crippen LogP contribution in [0.25, 0.3) is 10.8 Å². The number of carbonyl (C=O) groups excluding carboxylic acids is 1. The first-order chi connectivity index (χ1) is 15.9. The Bertz CT molecular complexity index is 1260. The van der Waals surface area contributed by atoms with Crippen molar-refractivity contribution in [1.82, 2.24) is 4.90 Å². The van der Waals surface area contributed by atoms with Crippen LogP contribution in [0.5, 0.6) is 11.5 Å². The number of carbonyl (C=O) groups is 1. The van der Waals surface area contributed by atoms with Gasteiger partial charge in [-0.25, -0.2) is 0 Å². The lowest BCUT2D eigenvalue weighted by Gasteiger charge is -2.16. The van der Waals surface area contributed by atoms with Gasteiger partial charge in [-0.3, -0.25) is 4.79 Å². The molecular formula is C27H27ClN2O3. The highest BCUT2D eigenvalue weighted by atomic mass is 35.5. The van der Waals surface area contributed by atoms with E-state index in [1.54, 1.807) is 11.0 Å². The molecule has 4 rings (SSSR count). The fraction of sp³-hybridized carbons (Fsp3) is 0.296. The van der Waals surface area contributed by atoms with E-state index in [0.29, 0.717) is 30.3 Å². The number of rotatable bonds is 5. The third-order valence-electron chi connectivity index (χ3n) is 5.86.